The predicted octanol–water partition coefficient (Wildman–Crippen LogP) is 3.01. The molecule has 3 rings (SSSR count). The highest BCUT2D eigenvalue weighted by Gasteiger charge is 2.03. The van der Waals surface area contributed by atoms with Crippen LogP contribution < -0.4 is 11.2 Å². The first kappa shape index (κ1) is 13.6. The highest BCUT2D eigenvalue weighted by atomic mass is 35.5. The van der Waals surface area contributed by atoms with Crippen LogP contribution in [-0.4, -0.2) is 20.7 Å². The fourth-order valence-corrected chi connectivity index (χ4v) is 2.55. The Hall–Kier alpha value is -2.38. The SMILES string of the molecule is Nc1csc(NN=Cc2ccc(-n3ccnc3)c(Cl)c2)n1. The number of nitrogens with two attached hydrogens (primary N) is 1. The molecule has 0 saturated carbocycles. The number of nitrogens with one attached hydrogen (secondary N) is 1. The van der Waals surface area contributed by atoms with Crippen molar-refractivity contribution in [2.45, 2.75) is 0 Å². The average Bonchev–Trinajstić information content (AvgIpc) is 3.11. The lowest BCUT2D eigenvalue weighted by molar-refractivity contribution is 1.06. The van der Waals surface area contributed by atoms with Crippen molar-refractivity contribution in [1.29, 1.82) is 0 Å². The van der Waals surface area contributed by atoms with Crippen LogP contribution in [0.15, 0.2) is 47.4 Å². The van der Waals surface area contributed by atoms with Crippen LogP contribution in [0.25, 0.3) is 5.69 Å². The Morgan fingerprint density at radius 2 is 2.33 bits per heavy atom. The number of hydrazone groups is 1. The second kappa shape index (κ2) is 5.94. The molecule has 1 aromatic carbocycles. The van der Waals surface area contributed by atoms with Crippen LogP contribution in [0.3, 0.4) is 0 Å². The van der Waals surface area contributed by atoms with E-state index in [1.54, 1.807) is 24.1 Å². The number of nitrogen functional groups attached to an aromatic ring is 1. The number of hydrogen-bond acceptors (Lipinski definition) is 6. The van der Waals surface area contributed by atoms with Crippen molar-refractivity contribution in [3.05, 3.63) is 52.9 Å². The second-order valence-corrected chi connectivity index (χ2v) is 5.39. The fourth-order valence-electron chi connectivity index (χ4n) is 1.71. The van der Waals surface area contributed by atoms with E-state index in [-0.39, 0.29) is 0 Å². The van der Waals surface area contributed by atoms with E-state index in [1.165, 1.54) is 11.3 Å². The molecule has 0 aliphatic rings. The van der Waals surface area contributed by atoms with Crippen molar-refractivity contribution in [2.24, 2.45) is 5.10 Å². The first-order chi connectivity index (χ1) is 10.2. The molecule has 0 aliphatic heterocycles. The first-order valence-corrected chi connectivity index (χ1v) is 7.26. The molecule has 106 valence electrons. The Morgan fingerprint density at radius 3 is 3.00 bits per heavy atom. The largest absolute Gasteiger partial charge is 0.383 e. The van der Waals surface area contributed by atoms with Gasteiger partial charge in [-0.3, -0.25) is 5.43 Å². The zero-order valence-electron chi connectivity index (χ0n) is 10.8. The van der Waals surface area contributed by atoms with Gasteiger partial charge >= 0.3 is 0 Å². The number of halogens is 1. The second-order valence-electron chi connectivity index (χ2n) is 4.13. The smallest absolute Gasteiger partial charge is 0.205 e. The summed E-state index contributed by atoms with van der Waals surface area (Å²) in [5.74, 6) is 0.477. The highest BCUT2D eigenvalue weighted by molar-refractivity contribution is 7.14. The molecular formula is C13H11ClN6S. The average molecular weight is 319 g/mol. The maximum Gasteiger partial charge on any atom is 0.205 e. The van der Waals surface area contributed by atoms with E-state index in [0.717, 1.165) is 11.3 Å². The maximum absolute atomic E-state index is 6.26. The molecule has 0 saturated heterocycles. The van der Waals surface area contributed by atoms with Crippen LogP contribution >= 0.6 is 22.9 Å². The molecule has 8 heteroatoms. The molecule has 0 aliphatic carbocycles. The Balaban J connectivity index is 1.73. The van der Waals surface area contributed by atoms with Gasteiger partial charge in [-0.25, -0.2) is 9.97 Å². The number of anilines is 2. The van der Waals surface area contributed by atoms with Crippen LogP contribution in [-0.2, 0) is 0 Å². The number of imidazole rings is 1. The summed E-state index contributed by atoms with van der Waals surface area (Å²) in [5, 5.41) is 7.11. The maximum atomic E-state index is 6.26. The molecule has 0 spiro atoms. The summed E-state index contributed by atoms with van der Waals surface area (Å²) in [4.78, 5) is 8.04. The molecule has 0 atom stereocenters. The van der Waals surface area contributed by atoms with Gasteiger partial charge in [0.25, 0.3) is 0 Å². The van der Waals surface area contributed by atoms with Crippen LogP contribution in [0, 0.1) is 0 Å². The Morgan fingerprint density at radius 1 is 1.43 bits per heavy atom. The van der Waals surface area contributed by atoms with Crippen molar-refractivity contribution in [2.75, 3.05) is 11.2 Å². The predicted molar refractivity (Wildman–Crippen MR) is 86.3 cm³/mol. The summed E-state index contributed by atoms with van der Waals surface area (Å²) in [6.07, 6.45) is 6.91. The van der Waals surface area contributed by atoms with Crippen LogP contribution in [0.1, 0.15) is 5.56 Å². The zero-order chi connectivity index (χ0) is 14.7. The summed E-state index contributed by atoms with van der Waals surface area (Å²) in [6, 6.07) is 5.66. The van der Waals surface area contributed by atoms with E-state index >= 15 is 0 Å². The van der Waals surface area contributed by atoms with Gasteiger partial charge in [0.05, 0.1) is 23.3 Å². The third-order valence-corrected chi connectivity index (χ3v) is 3.72. The monoisotopic (exact) mass is 318 g/mol. The molecular weight excluding hydrogens is 308 g/mol. The minimum atomic E-state index is 0.477. The van der Waals surface area contributed by atoms with Gasteiger partial charge in [-0.1, -0.05) is 17.7 Å². The summed E-state index contributed by atoms with van der Waals surface area (Å²) in [6.45, 7) is 0. The van der Waals surface area contributed by atoms with E-state index in [0.29, 0.717) is 16.0 Å². The fraction of sp³-hybridized carbons (Fsp3) is 0. The van der Waals surface area contributed by atoms with E-state index < -0.39 is 0 Å². The van der Waals surface area contributed by atoms with Crippen molar-refractivity contribution in [3.63, 3.8) is 0 Å². The molecule has 0 bridgehead atoms. The Bertz CT molecular complexity index is 765. The molecule has 0 radical (unpaired) electrons. The van der Waals surface area contributed by atoms with Gasteiger partial charge in [-0.2, -0.15) is 5.10 Å². The van der Waals surface area contributed by atoms with Gasteiger partial charge in [-0.15, -0.1) is 11.3 Å². The number of thiazole rings is 1. The van der Waals surface area contributed by atoms with Crippen molar-refractivity contribution in [1.82, 2.24) is 14.5 Å². The molecule has 21 heavy (non-hydrogen) atoms. The van der Waals surface area contributed by atoms with Crippen molar-refractivity contribution >= 4 is 40.1 Å². The van der Waals surface area contributed by atoms with E-state index in [9.17, 15) is 0 Å². The Labute approximate surface area is 129 Å². The van der Waals surface area contributed by atoms with Crippen LogP contribution in [0.5, 0.6) is 0 Å². The highest BCUT2D eigenvalue weighted by Crippen LogP contribution is 2.21. The third kappa shape index (κ3) is 3.21. The third-order valence-electron chi connectivity index (χ3n) is 2.65. The topological polar surface area (TPSA) is 81.1 Å². The molecule has 2 heterocycles. The molecule has 0 fully saturated rings. The molecule has 6 nitrogen and oxygen atoms in total. The summed E-state index contributed by atoms with van der Waals surface area (Å²) in [7, 11) is 0. The molecule has 2 aromatic heterocycles. The Kier molecular flexibility index (Phi) is 3.85. The van der Waals surface area contributed by atoms with Crippen molar-refractivity contribution in [3.8, 4) is 5.69 Å². The molecule has 0 unspecified atom stereocenters. The quantitative estimate of drug-likeness (QED) is 0.572. The van der Waals surface area contributed by atoms with Gasteiger partial charge in [0.1, 0.15) is 5.82 Å². The standard InChI is InChI=1S/C13H11ClN6S/c14-10-5-9(1-2-11(10)20-4-3-16-8-20)6-17-19-13-18-12(15)7-21-13/h1-8H,15H2,(H,18,19). The van der Waals surface area contributed by atoms with Crippen LogP contribution in [0.2, 0.25) is 5.02 Å². The first-order valence-electron chi connectivity index (χ1n) is 6.00. The van der Waals surface area contributed by atoms with Crippen LogP contribution in [0.4, 0.5) is 10.9 Å². The lowest BCUT2D eigenvalue weighted by atomic mass is 10.2. The van der Waals surface area contributed by atoms with Crippen molar-refractivity contribution < 1.29 is 0 Å². The number of benzene rings is 1. The summed E-state index contributed by atoms with van der Waals surface area (Å²) >= 11 is 7.65. The lowest BCUT2D eigenvalue weighted by Gasteiger charge is -2.05. The van der Waals surface area contributed by atoms with Gasteiger partial charge in [0.2, 0.25) is 5.13 Å². The minimum absolute atomic E-state index is 0.477. The number of hydrogen-bond donors (Lipinski definition) is 2. The normalized spacial score (nSPS) is 11.1. The molecule has 0 amide bonds. The van der Waals surface area contributed by atoms with E-state index in [2.05, 4.69) is 20.5 Å². The zero-order valence-corrected chi connectivity index (χ0v) is 12.3. The lowest BCUT2D eigenvalue weighted by Crippen LogP contribution is -1.94. The molecule has 3 aromatic rings. The molecule has 3 N–H and O–H groups in total. The minimum Gasteiger partial charge on any atom is -0.383 e. The van der Waals surface area contributed by atoms with Gasteiger partial charge in [-0.05, 0) is 17.7 Å². The van der Waals surface area contributed by atoms with Gasteiger partial charge in [0.15, 0.2) is 0 Å². The van der Waals surface area contributed by atoms with Gasteiger partial charge < -0.3 is 10.3 Å². The number of aromatic nitrogens is 3. The van der Waals surface area contributed by atoms with Gasteiger partial charge in [0, 0.05) is 17.8 Å². The number of rotatable bonds is 4. The summed E-state index contributed by atoms with van der Waals surface area (Å²) in [5.41, 5.74) is 10.1. The van der Waals surface area contributed by atoms with E-state index in [4.69, 9.17) is 17.3 Å². The van der Waals surface area contributed by atoms with E-state index in [1.807, 2.05) is 29.0 Å². The number of nitrogens with zero attached hydrogens (tertiary/aromatic N) is 4. The summed E-state index contributed by atoms with van der Waals surface area (Å²) < 4.78 is 1.85.